The zero-order chi connectivity index (χ0) is 20.1. The summed E-state index contributed by atoms with van der Waals surface area (Å²) in [6.07, 6.45) is 0. The fraction of sp³-hybridized carbons (Fsp3) is 0.250. The van der Waals surface area contributed by atoms with Crippen LogP contribution in [-0.4, -0.2) is 36.5 Å². The Kier molecular flexibility index (Phi) is 6.18. The molecular weight excluding hydrogens is 348 g/mol. The molecule has 0 fully saturated rings. The summed E-state index contributed by atoms with van der Waals surface area (Å²) in [5, 5.41) is 14.1. The van der Waals surface area contributed by atoms with Crippen LogP contribution in [0, 0.1) is 20.8 Å². The van der Waals surface area contributed by atoms with Gasteiger partial charge in [0.15, 0.2) is 6.61 Å². The first kappa shape index (κ1) is 20.0. The number of carbonyl (C=O) groups is 3. The first-order valence-corrected chi connectivity index (χ1v) is 8.33. The quantitative estimate of drug-likeness (QED) is 0.725. The van der Waals surface area contributed by atoms with Crippen LogP contribution in [0.3, 0.4) is 0 Å². The molecule has 0 radical (unpaired) electrons. The summed E-state index contributed by atoms with van der Waals surface area (Å²) in [5.74, 6) is -1.17. The molecule has 2 rings (SSSR count). The third-order valence-electron chi connectivity index (χ3n) is 4.12. The number of ether oxygens (including phenoxy) is 1. The van der Waals surface area contributed by atoms with Crippen molar-refractivity contribution in [2.24, 2.45) is 0 Å². The molecule has 2 aromatic rings. The number of hydrogen-bond acceptors (Lipinski definition) is 4. The van der Waals surface area contributed by atoms with Gasteiger partial charge in [0.05, 0.1) is 0 Å². The smallest absolute Gasteiger partial charge is 0.341 e. The van der Waals surface area contributed by atoms with Gasteiger partial charge in [0, 0.05) is 23.9 Å². The van der Waals surface area contributed by atoms with Gasteiger partial charge in [-0.05, 0) is 61.7 Å². The number of aryl methyl sites for hydroxylation is 2. The lowest BCUT2D eigenvalue weighted by Crippen LogP contribution is -2.20. The van der Waals surface area contributed by atoms with Crippen molar-refractivity contribution in [3.63, 3.8) is 0 Å². The van der Waals surface area contributed by atoms with E-state index in [1.54, 1.807) is 58.2 Å². The molecule has 0 aliphatic rings. The van der Waals surface area contributed by atoms with Crippen molar-refractivity contribution in [1.29, 1.82) is 0 Å². The van der Waals surface area contributed by atoms with Gasteiger partial charge in [-0.25, -0.2) is 4.79 Å². The average molecular weight is 370 g/mol. The number of carboxylic acid groups (broad SMARTS) is 1. The Morgan fingerprint density at radius 3 is 2.22 bits per heavy atom. The Balaban J connectivity index is 2.27. The second-order valence-electron chi connectivity index (χ2n) is 6.13. The largest absolute Gasteiger partial charge is 0.481 e. The fourth-order valence-corrected chi connectivity index (χ4v) is 2.79. The molecule has 0 unspecified atom stereocenters. The van der Waals surface area contributed by atoms with Crippen LogP contribution in [0.15, 0.2) is 30.3 Å². The average Bonchev–Trinajstić information content (AvgIpc) is 2.61. The van der Waals surface area contributed by atoms with Crippen LogP contribution in [0.2, 0.25) is 0 Å². The maximum absolute atomic E-state index is 12.7. The van der Waals surface area contributed by atoms with Gasteiger partial charge >= 0.3 is 5.97 Å². The van der Waals surface area contributed by atoms with E-state index < -0.39 is 12.6 Å². The normalized spacial score (nSPS) is 10.2. The number of aliphatic carboxylic acids is 1. The Labute approximate surface area is 157 Å². The molecule has 7 heteroatoms. The zero-order valence-electron chi connectivity index (χ0n) is 15.7. The molecule has 142 valence electrons. The van der Waals surface area contributed by atoms with E-state index in [2.05, 4.69) is 10.6 Å². The zero-order valence-corrected chi connectivity index (χ0v) is 15.7. The predicted octanol–water partition coefficient (Wildman–Crippen LogP) is 2.69. The van der Waals surface area contributed by atoms with E-state index in [0.717, 1.165) is 0 Å². The van der Waals surface area contributed by atoms with E-state index in [-0.39, 0.29) is 11.8 Å². The molecule has 0 aliphatic carbocycles. The highest BCUT2D eigenvalue weighted by Gasteiger charge is 2.15. The molecule has 2 amide bonds. The van der Waals surface area contributed by atoms with Crippen LogP contribution in [0.5, 0.6) is 5.75 Å². The van der Waals surface area contributed by atoms with Crippen molar-refractivity contribution in [3.8, 4) is 5.75 Å². The Bertz CT molecular complexity index is 882. The number of hydrogen-bond donors (Lipinski definition) is 3. The van der Waals surface area contributed by atoms with Gasteiger partial charge in [0.2, 0.25) is 0 Å². The van der Waals surface area contributed by atoms with Crippen LogP contribution in [0.4, 0.5) is 5.69 Å². The third kappa shape index (κ3) is 4.63. The van der Waals surface area contributed by atoms with Gasteiger partial charge in [-0.1, -0.05) is 6.07 Å². The van der Waals surface area contributed by atoms with Crippen molar-refractivity contribution in [3.05, 3.63) is 58.1 Å². The number of carboxylic acids is 1. The van der Waals surface area contributed by atoms with E-state index in [4.69, 9.17) is 9.84 Å². The van der Waals surface area contributed by atoms with Gasteiger partial charge in [-0.15, -0.1) is 0 Å². The highest BCUT2D eigenvalue weighted by Crippen LogP contribution is 2.26. The molecule has 0 aromatic heterocycles. The first-order valence-electron chi connectivity index (χ1n) is 8.33. The van der Waals surface area contributed by atoms with Crippen LogP contribution < -0.4 is 15.4 Å². The molecule has 3 N–H and O–H groups in total. The molecule has 7 nitrogen and oxygen atoms in total. The number of carbonyl (C=O) groups excluding carboxylic acids is 2. The molecule has 2 aromatic carbocycles. The summed E-state index contributed by atoms with van der Waals surface area (Å²) >= 11 is 0. The Hall–Kier alpha value is -3.35. The molecule has 0 saturated heterocycles. The van der Waals surface area contributed by atoms with Crippen LogP contribution in [-0.2, 0) is 4.79 Å². The van der Waals surface area contributed by atoms with Crippen molar-refractivity contribution in [1.82, 2.24) is 5.32 Å². The third-order valence-corrected chi connectivity index (χ3v) is 4.12. The van der Waals surface area contributed by atoms with Crippen LogP contribution in [0.25, 0.3) is 0 Å². The van der Waals surface area contributed by atoms with Crippen molar-refractivity contribution < 1.29 is 24.2 Å². The van der Waals surface area contributed by atoms with Crippen molar-refractivity contribution in [2.45, 2.75) is 20.8 Å². The highest BCUT2D eigenvalue weighted by atomic mass is 16.5. The first-order chi connectivity index (χ1) is 12.7. The Morgan fingerprint density at radius 2 is 1.67 bits per heavy atom. The fourth-order valence-electron chi connectivity index (χ4n) is 2.79. The van der Waals surface area contributed by atoms with E-state index in [0.29, 0.717) is 39.3 Å². The lowest BCUT2D eigenvalue weighted by molar-refractivity contribution is -0.139. The summed E-state index contributed by atoms with van der Waals surface area (Å²) in [6.45, 7) is 4.81. The van der Waals surface area contributed by atoms with Crippen LogP contribution in [0.1, 0.15) is 37.4 Å². The minimum atomic E-state index is -1.07. The maximum atomic E-state index is 12.7. The lowest BCUT2D eigenvalue weighted by atomic mass is 10.0. The second-order valence-corrected chi connectivity index (χ2v) is 6.13. The van der Waals surface area contributed by atoms with Gasteiger partial charge < -0.3 is 20.5 Å². The van der Waals surface area contributed by atoms with Crippen LogP contribution >= 0.6 is 0 Å². The number of benzene rings is 2. The maximum Gasteiger partial charge on any atom is 0.341 e. The van der Waals surface area contributed by atoms with E-state index >= 15 is 0 Å². The molecule has 0 atom stereocenters. The SMILES string of the molecule is CNC(=O)c1cccc(NC(=O)c2cc(C)c(OCC(=O)O)c(C)c2)c1C. The molecule has 27 heavy (non-hydrogen) atoms. The number of rotatable bonds is 6. The molecule has 0 saturated carbocycles. The topological polar surface area (TPSA) is 105 Å². The minimum absolute atomic E-state index is 0.227. The van der Waals surface area contributed by atoms with Gasteiger partial charge in [-0.2, -0.15) is 0 Å². The number of nitrogens with one attached hydrogen (secondary N) is 2. The summed E-state index contributed by atoms with van der Waals surface area (Å²) < 4.78 is 5.28. The predicted molar refractivity (Wildman–Crippen MR) is 102 cm³/mol. The van der Waals surface area contributed by atoms with Gasteiger partial charge in [-0.3, -0.25) is 9.59 Å². The van der Waals surface area contributed by atoms with E-state index in [9.17, 15) is 14.4 Å². The van der Waals surface area contributed by atoms with Gasteiger partial charge in [0.1, 0.15) is 5.75 Å². The summed E-state index contributed by atoms with van der Waals surface area (Å²) in [4.78, 5) is 35.2. The molecule has 0 aliphatic heterocycles. The van der Waals surface area contributed by atoms with Gasteiger partial charge in [0.25, 0.3) is 11.8 Å². The minimum Gasteiger partial charge on any atom is -0.481 e. The molecule has 0 heterocycles. The second kappa shape index (κ2) is 8.35. The summed E-state index contributed by atoms with van der Waals surface area (Å²) in [6, 6.07) is 8.39. The standard InChI is InChI=1S/C20H22N2O5/c1-11-8-14(9-12(2)18(11)27-10-17(23)24)19(25)22-16-7-5-6-15(13(16)3)20(26)21-4/h5-9H,10H2,1-4H3,(H,21,26)(H,22,25)(H,23,24). The highest BCUT2D eigenvalue weighted by molar-refractivity contribution is 6.06. The number of anilines is 1. The lowest BCUT2D eigenvalue weighted by Gasteiger charge is -2.14. The monoisotopic (exact) mass is 370 g/mol. The molecular formula is C20H22N2O5. The number of amides is 2. The van der Waals surface area contributed by atoms with Crippen molar-refractivity contribution >= 4 is 23.5 Å². The van der Waals surface area contributed by atoms with Crippen molar-refractivity contribution in [2.75, 3.05) is 19.0 Å². The Morgan fingerprint density at radius 1 is 1.04 bits per heavy atom. The summed E-state index contributed by atoms with van der Waals surface area (Å²) in [5.41, 5.74) is 3.44. The summed E-state index contributed by atoms with van der Waals surface area (Å²) in [7, 11) is 1.55. The molecule has 0 bridgehead atoms. The molecule has 0 spiro atoms. The van der Waals surface area contributed by atoms with E-state index in [1.165, 1.54) is 0 Å². The van der Waals surface area contributed by atoms with E-state index in [1.807, 2.05) is 0 Å².